The lowest BCUT2D eigenvalue weighted by Crippen LogP contribution is -2.44. The van der Waals surface area contributed by atoms with Crippen molar-refractivity contribution in [2.45, 2.75) is 33.0 Å². The molecule has 138 valence electrons. The summed E-state index contributed by atoms with van der Waals surface area (Å²) >= 11 is 0. The van der Waals surface area contributed by atoms with Gasteiger partial charge in [-0.2, -0.15) is 5.10 Å². The van der Waals surface area contributed by atoms with Gasteiger partial charge in [0, 0.05) is 31.5 Å². The molecule has 1 aliphatic rings. The van der Waals surface area contributed by atoms with Crippen molar-refractivity contribution in [3.8, 4) is 0 Å². The van der Waals surface area contributed by atoms with Gasteiger partial charge in [0.05, 0.1) is 5.56 Å². The maximum atomic E-state index is 13.2. The molecule has 1 unspecified atom stereocenters. The smallest absolute Gasteiger partial charge is 0.322 e. The largest absolute Gasteiger partial charge is 0.346 e. The third-order valence-electron chi connectivity index (χ3n) is 4.91. The topological polar surface area (TPSA) is 73.0 Å². The van der Waals surface area contributed by atoms with E-state index in [4.69, 9.17) is 0 Å². The summed E-state index contributed by atoms with van der Waals surface area (Å²) in [4.78, 5) is 31.8. The van der Waals surface area contributed by atoms with E-state index in [0.29, 0.717) is 31.0 Å². The highest BCUT2D eigenvalue weighted by Gasteiger charge is 2.36. The lowest BCUT2D eigenvalue weighted by molar-refractivity contribution is 0.0656. The number of hydrogen-bond acceptors (Lipinski definition) is 4. The first-order valence-electron chi connectivity index (χ1n) is 9.06. The second-order valence-corrected chi connectivity index (χ2v) is 6.61. The SMILES string of the molecule is CCn1nc2n(c1=O)CCN(C(=O)c1ccc(C)nc1)C2c1ccccc1. The van der Waals surface area contributed by atoms with Crippen molar-refractivity contribution in [3.63, 3.8) is 0 Å². The van der Waals surface area contributed by atoms with Crippen LogP contribution in [0.25, 0.3) is 0 Å². The Morgan fingerprint density at radius 2 is 1.93 bits per heavy atom. The molecule has 4 rings (SSSR count). The second kappa shape index (κ2) is 6.83. The highest BCUT2D eigenvalue weighted by Crippen LogP contribution is 2.31. The number of hydrogen-bond donors (Lipinski definition) is 0. The van der Waals surface area contributed by atoms with E-state index >= 15 is 0 Å². The second-order valence-electron chi connectivity index (χ2n) is 6.61. The molecule has 0 saturated heterocycles. The fraction of sp³-hybridized carbons (Fsp3) is 0.300. The van der Waals surface area contributed by atoms with Gasteiger partial charge in [-0.05, 0) is 31.5 Å². The highest BCUT2D eigenvalue weighted by molar-refractivity contribution is 5.94. The van der Waals surface area contributed by atoms with E-state index in [2.05, 4.69) is 10.1 Å². The van der Waals surface area contributed by atoms with E-state index in [1.807, 2.05) is 50.2 Å². The standard InChI is InChI=1S/C20H21N5O2/c1-3-25-20(27)24-12-11-23(19(26)16-10-9-14(2)21-13-16)17(18(24)22-25)15-7-5-4-6-8-15/h4-10,13,17H,3,11-12H2,1-2H3. The summed E-state index contributed by atoms with van der Waals surface area (Å²) in [6, 6.07) is 12.9. The molecule has 2 aromatic heterocycles. The number of carbonyl (C=O) groups excluding carboxylic acids is 1. The molecule has 0 aliphatic carbocycles. The van der Waals surface area contributed by atoms with Crippen LogP contribution in [0.5, 0.6) is 0 Å². The molecule has 3 aromatic rings. The summed E-state index contributed by atoms with van der Waals surface area (Å²) in [5.41, 5.74) is 2.20. The number of aromatic nitrogens is 4. The van der Waals surface area contributed by atoms with Gasteiger partial charge in [0.1, 0.15) is 6.04 Å². The first kappa shape index (κ1) is 17.2. The number of carbonyl (C=O) groups is 1. The number of rotatable bonds is 3. The zero-order valence-corrected chi connectivity index (χ0v) is 15.4. The zero-order chi connectivity index (χ0) is 19.0. The molecule has 7 nitrogen and oxygen atoms in total. The highest BCUT2D eigenvalue weighted by atomic mass is 16.2. The van der Waals surface area contributed by atoms with Crippen LogP contribution in [0, 0.1) is 6.92 Å². The Bertz CT molecular complexity index is 1020. The number of nitrogens with zero attached hydrogens (tertiary/aromatic N) is 5. The average molecular weight is 363 g/mol. The summed E-state index contributed by atoms with van der Waals surface area (Å²) in [5.74, 6) is 0.494. The number of amides is 1. The van der Waals surface area contributed by atoms with Crippen molar-refractivity contribution in [2.75, 3.05) is 6.54 Å². The predicted molar refractivity (Wildman–Crippen MR) is 100 cm³/mol. The van der Waals surface area contributed by atoms with E-state index in [1.54, 1.807) is 21.7 Å². The van der Waals surface area contributed by atoms with Crippen LogP contribution in [0.1, 0.15) is 40.4 Å². The Labute approximate surface area is 156 Å². The fourth-order valence-corrected chi connectivity index (χ4v) is 3.50. The minimum Gasteiger partial charge on any atom is -0.322 e. The Morgan fingerprint density at radius 1 is 1.15 bits per heavy atom. The monoisotopic (exact) mass is 363 g/mol. The Hall–Kier alpha value is -3.22. The van der Waals surface area contributed by atoms with Crippen LogP contribution in [0.4, 0.5) is 0 Å². The van der Waals surface area contributed by atoms with E-state index < -0.39 is 6.04 Å². The molecule has 0 bridgehead atoms. The molecule has 1 aromatic carbocycles. The van der Waals surface area contributed by atoms with Gasteiger partial charge in [-0.1, -0.05) is 30.3 Å². The van der Waals surface area contributed by atoms with Crippen LogP contribution < -0.4 is 5.69 Å². The number of aryl methyl sites for hydroxylation is 2. The molecule has 0 saturated carbocycles. The molecular formula is C20H21N5O2. The molecule has 1 amide bonds. The van der Waals surface area contributed by atoms with Crippen LogP contribution in [-0.2, 0) is 13.1 Å². The summed E-state index contributed by atoms with van der Waals surface area (Å²) in [7, 11) is 0. The summed E-state index contributed by atoms with van der Waals surface area (Å²) in [6.45, 7) is 5.14. The number of pyridine rings is 1. The molecule has 7 heteroatoms. The van der Waals surface area contributed by atoms with Gasteiger partial charge in [0.2, 0.25) is 0 Å². The van der Waals surface area contributed by atoms with E-state index in [1.165, 1.54) is 4.68 Å². The molecule has 0 fully saturated rings. The summed E-state index contributed by atoms with van der Waals surface area (Å²) < 4.78 is 3.13. The normalized spacial score (nSPS) is 16.2. The van der Waals surface area contributed by atoms with Gasteiger partial charge in [0.25, 0.3) is 5.91 Å². The van der Waals surface area contributed by atoms with Crippen molar-refractivity contribution in [1.29, 1.82) is 0 Å². The molecule has 1 aliphatic heterocycles. The molecule has 3 heterocycles. The minimum absolute atomic E-state index is 0.110. The lowest BCUT2D eigenvalue weighted by atomic mass is 10.0. The van der Waals surface area contributed by atoms with E-state index in [9.17, 15) is 9.59 Å². The Kier molecular flexibility index (Phi) is 4.35. The number of benzene rings is 1. The Morgan fingerprint density at radius 3 is 2.59 bits per heavy atom. The van der Waals surface area contributed by atoms with Gasteiger partial charge < -0.3 is 4.90 Å². The van der Waals surface area contributed by atoms with Crippen molar-refractivity contribution >= 4 is 5.91 Å². The zero-order valence-electron chi connectivity index (χ0n) is 15.4. The van der Waals surface area contributed by atoms with Crippen molar-refractivity contribution in [2.24, 2.45) is 0 Å². The van der Waals surface area contributed by atoms with Crippen LogP contribution in [0.15, 0.2) is 53.5 Å². The summed E-state index contributed by atoms with van der Waals surface area (Å²) in [5, 5.41) is 4.52. The third kappa shape index (κ3) is 2.95. The molecule has 1 atom stereocenters. The van der Waals surface area contributed by atoms with Crippen molar-refractivity contribution < 1.29 is 4.79 Å². The molecule has 27 heavy (non-hydrogen) atoms. The van der Waals surface area contributed by atoms with Crippen molar-refractivity contribution in [3.05, 3.63) is 81.8 Å². The van der Waals surface area contributed by atoms with Gasteiger partial charge in [-0.3, -0.25) is 14.3 Å². The minimum atomic E-state index is -0.408. The number of fused-ring (bicyclic) bond motifs is 1. The van der Waals surface area contributed by atoms with Gasteiger partial charge in [-0.25, -0.2) is 9.48 Å². The predicted octanol–water partition coefficient (Wildman–Crippen LogP) is 2.01. The Balaban J connectivity index is 1.82. The van der Waals surface area contributed by atoms with Gasteiger partial charge in [0.15, 0.2) is 5.82 Å². The van der Waals surface area contributed by atoms with Crippen LogP contribution in [-0.4, -0.2) is 36.7 Å². The summed E-state index contributed by atoms with van der Waals surface area (Å²) in [6.07, 6.45) is 1.60. The van der Waals surface area contributed by atoms with Gasteiger partial charge >= 0.3 is 5.69 Å². The van der Waals surface area contributed by atoms with E-state index in [-0.39, 0.29) is 11.6 Å². The molecule has 0 radical (unpaired) electrons. The molecular weight excluding hydrogens is 342 g/mol. The quantitative estimate of drug-likeness (QED) is 0.714. The molecule has 0 spiro atoms. The van der Waals surface area contributed by atoms with Crippen LogP contribution in [0.2, 0.25) is 0 Å². The molecule has 0 N–H and O–H groups in total. The average Bonchev–Trinajstić information content (AvgIpc) is 3.04. The first-order valence-corrected chi connectivity index (χ1v) is 9.06. The van der Waals surface area contributed by atoms with Crippen LogP contribution in [0.3, 0.4) is 0 Å². The maximum absolute atomic E-state index is 13.2. The van der Waals surface area contributed by atoms with Gasteiger partial charge in [-0.15, -0.1) is 0 Å². The maximum Gasteiger partial charge on any atom is 0.346 e. The third-order valence-corrected chi connectivity index (χ3v) is 4.91. The van der Waals surface area contributed by atoms with Crippen LogP contribution >= 0.6 is 0 Å². The lowest BCUT2D eigenvalue weighted by Gasteiger charge is -2.35. The first-order chi connectivity index (χ1) is 13.1. The fourth-order valence-electron chi connectivity index (χ4n) is 3.50. The van der Waals surface area contributed by atoms with E-state index in [0.717, 1.165) is 11.3 Å². The van der Waals surface area contributed by atoms with Crippen molar-refractivity contribution in [1.82, 2.24) is 24.2 Å².